The minimum Gasteiger partial charge on any atom is -0.480 e. The molecule has 0 aliphatic heterocycles. The van der Waals surface area contributed by atoms with E-state index in [1.165, 1.54) is 13.8 Å². The van der Waals surface area contributed by atoms with E-state index in [0.29, 0.717) is 0 Å². The number of thiol groups is 1. The van der Waals surface area contributed by atoms with Crippen LogP contribution in [-0.2, 0) is 19.2 Å². The lowest BCUT2D eigenvalue weighted by Gasteiger charge is -2.25. The summed E-state index contributed by atoms with van der Waals surface area (Å²) in [5.74, 6) is -4.29. The fourth-order valence-corrected chi connectivity index (χ4v) is 2.63. The number of carbonyl (C=O) groups excluding carboxylic acids is 3. The Bertz CT molecular complexity index is 686. The number of carbonyl (C=O) groups is 4. The van der Waals surface area contributed by atoms with Crippen LogP contribution in [0.2, 0.25) is 0 Å². The average Bonchev–Trinajstić information content (AvgIpc) is 2.70. The van der Waals surface area contributed by atoms with Crippen LogP contribution in [0.4, 0.5) is 0 Å². The number of amides is 3. The second kappa shape index (κ2) is 14.4. The zero-order valence-electron chi connectivity index (χ0n) is 17.9. The number of guanidine groups is 1. The quantitative estimate of drug-likeness (QED) is 0.0495. The molecule has 32 heavy (non-hydrogen) atoms. The van der Waals surface area contributed by atoms with Gasteiger partial charge in [0.25, 0.3) is 0 Å². The second-order valence-corrected chi connectivity index (χ2v) is 7.45. The number of hydrogen-bond donors (Lipinski definition) is 10. The highest BCUT2D eigenvalue weighted by atomic mass is 32.1. The van der Waals surface area contributed by atoms with Gasteiger partial charge in [0.2, 0.25) is 17.7 Å². The molecular weight excluding hydrogens is 446 g/mol. The van der Waals surface area contributed by atoms with Gasteiger partial charge in [-0.15, -0.1) is 0 Å². The molecule has 0 saturated heterocycles. The van der Waals surface area contributed by atoms with E-state index >= 15 is 0 Å². The van der Waals surface area contributed by atoms with Crippen molar-refractivity contribution in [2.45, 2.75) is 63.1 Å². The zero-order valence-corrected chi connectivity index (χ0v) is 18.8. The summed E-state index contributed by atoms with van der Waals surface area (Å²) in [6, 6.07) is -5.33. The highest BCUT2D eigenvalue weighted by molar-refractivity contribution is 7.80. The number of rotatable bonds is 14. The summed E-state index contributed by atoms with van der Waals surface area (Å²) in [6.07, 6.45) is -2.23. The van der Waals surface area contributed by atoms with Crippen molar-refractivity contribution in [1.82, 2.24) is 16.0 Å². The number of nitrogens with zero attached hydrogens (tertiary/aromatic N) is 1. The number of carboxylic acids is 1. The number of hydrogen-bond acceptors (Lipinski definition) is 9. The number of nitrogens with one attached hydrogen (secondary N) is 3. The van der Waals surface area contributed by atoms with E-state index in [9.17, 15) is 29.4 Å². The monoisotopic (exact) mass is 479 g/mol. The van der Waals surface area contributed by atoms with Gasteiger partial charge in [0.1, 0.15) is 18.1 Å². The van der Waals surface area contributed by atoms with Gasteiger partial charge < -0.3 is 48.5 Å². The lowest BCUT2D eigenvalue weighted by molar-refractivity contribution is -0.145. The van der Waals surface area contributed by atoms with Crippen molar-refractivity contribution in [1.29, 1.82) is 0 Å². The van der Waals surface area contributed by atoms with E-state index in [0.717, 1.165) is 0 Å². The number of aliphatic carboxylic acids is 1. The van der Waals surface area contributed by atoms with E-state index in [4.69, 9.17) is 22.3 Å². The molecule has 3 amide bonds. The first-order valence-electron chi connectivity index (χ1n) is 9.73. The zero-order chi connectivity index (χ0) is 25.0. The van der Waals surface area contributed by atoms with Gasteiger partial charge in [-0.25, -0.2) is 4.79 Å². The molecule has 0 aliphatic carbocycles. The van der Waals surface area contributed by atoms with Crippen molar-refractivity contribution in [2.24, 2.45) is 22.2 Å². The molecule has 0 rings (SSSR count). The Kier molecular flexibility index (Phi) is 13.3. The van der Waals surface area contributed by atoms with E-state index in [2.05, 4.69) is 33.6 Å². The van der Waals surface area contributed by atoms with E-state index in [-0.39, 0.29) is 31.1 Å². The van der Waals surface area contributed by atoms with Crippen molar-refractivity contribution in [3.63, 3.8) is 0 Å². The summed E-state index contributed by atoms with van der Waals surface area (Å²) < 4.78 is 0. The minimum atomic E-state index is -1.60. The number of nitrogens with two attached hydrogens (primary N) is 3. The van der Waals surface area contributed by atoms with E-state index in [1.54, 1.807) is 0 Å². The molecule has 0 fully saturated rings. The highest BCUT2D eigenvalue weighted by Gasteiger charge is 2.31. The minimum absolute atomic E-state index is 0.0627. The number of aliphatic imine (C=N–C) groups is 1. The van der Waals surface area contributed by atoms with Gasteiger partial charge in [0.05, 0.1) is 12.2 Å². The van der Waals surface area contributed by atoms with Crippen molar-refractivity contribution >= 4 is 42.3 Å². The van der Waals surface area contributed by atoms with E-state index < -0.39 is 60.1 Å². The maximum atomic E-state index is 12.7. The summed E-state index contributed by atoms with van der Waals surface area (Å²) >= 11 is 3.99. The molecule has 0 radical (unpaired) electrons. The molecule has 0 spiro atoms. The first kappa shape index (κ1) is 29.4. The summed E-state index contributed by atoms with van der Waals surface area (Å²) in [5.41, 5.74) is 16.1. The topological polar surface area (TPSA) is 255 Å². The standard InChI is InChI=1S/C17H33N7O7S/c1-7(25)11(18)15(29)22-9(4-3-5-21-17(19)20)13(27)23-10(6-32)14(28)24-12(8(2)26)16(30)31/h7-12,25-26,32H,3-6,18H2,1-2H3,(H,22,29)(H,23,27)(H,24,28)(H,30,31)(H4,19,20,21). The number of carboxylic acid groups (broad SMARTS) is 1. The fraction of sp³-hybridized carbons (Fsp3) is 0.706. The SMILES string of the molecule is CC(O)C(N)C(=O)NC(CCCN=C(N)N)C(=O)NC(CS)C(=O)NC(C(=O)O)C(C)O. The third kappa shape index (κ3) is 10.6. The molecule has 0 aromatic carbocycles. The molecule has 12 N–H and O–H groups in total. The molecule has 0 aliphatic rings. The van der Waals surface area contributed by atoms with E-state index in [1.807, 2.05) is 0 Å². The number of aliphatic hydroxyl groups is 2. The predicted molar refractivity (Wildman–Crippen MR) is 119 cm³/mol. The Labute approximate surface area is 190 Å². The molecule has 0 saturated carbocycles. The van der Waals surface area contributed by atoms with Crippen molar-refractivity contribution < 1.29 is 34.5 Å². The molecule has 0 bridgehead atoms. The maximum absolute atomic E-state index is 12.7. The van der Waals surface area contributed by atoms with Crippen molar-refractivity contribution in [3.8, 4) is 0 Å². The Hall–Kier alpha value is -2.62. The van der Waals surface area contributed by atoms with Gasteiger partial charge in [-0.1, -0.05) is 0 Å². The predicted octanol–water partition coefficient (Wildman–Crippen LogP) is -4.40. The van der Waals surface area contributed by atoms with Gasteiger partial charge in [-0.05, 0) is 26.7 Å². The summed E-state index contributed by atoms with van der Waals surface area (Å²) in [7, 11) is 0. The Morgan fingerprint density at radius 3 is 1.91 bits per heavy atom. The van der Waals surface area contributed by atoms with Gasteiger partial charge >= 0.3 is 5.97 Å². The van der Waals surface area contributed by atoms with Crippen LogP contribution in [-0.4, -0.2) is 93.6 Å². The molecule has 14 nitrogen and oxygen atoms in total. The number of aliphatic hydroxyl groups excluding tert-OH is 2. The third-order valence-corrected chi connectivity index (χ3v) is 4.63. The smallest absolute Gasteiger partial charge is 0.328 e. The van der Waals surface area contributed by atoms with Crippen LogP contribution in [0.5, 0.6) is 0 Å². The Balaban J connectivity index is 5.34. The molecule has 0 aromatic heterocycles. The van der Waals surface area contributed by atoms with Crippen LogP contribution in [0.1, 0.15) is 26.7 Å². The lowest BCUT2D eigenvalue weighted by atomic mass is 10.1. The average molecular weight is 480 g/mol. The molecule has 0 heterocycles. The van der Waals surface area contributed by atoms with Gasteiger partial charge in [0, 0.05) is 12.3 Å². The summed E-state index contributed by atoms with van der Waals surface area (Å²) in [4.78, 5) is 52.2. The first-order valence-corrected chi connectivity index (χ1v) is 10.4. The summed E-state index contributed by atoms with van der Waals surface area (Å²) in [5, 5.41) is 34.9. The second-order valence-electron chi connectivity index (χ2n) is 7.09. The Morgan fingerprint density at radius 2 is 1.47 bits per heavy atom. The molecule has 0 aromatic rings. The van der Waals surface area contributed by atoms with Crippen molar-refractivity contribution in [2.75, 3.05) is 12.3 Å². The van der Waals surface area contributed by atoms with Gasteiger partial charge in [0.15, 0.2) is 12.0 Å². The largest absolute Gasteiger partial charge is 0.480 e. The van der Waals surface area contributed by atoms with Gasteiger partial charge in [-0.2, -0.15) is 12.6 Å². The highest BCUT2D eigenvalue weighted by Crippen LogP contribution is 2.03. The molecule has 15 heteroatoms. The maximum Gasteiger partial charge on any atom is 0.328 e. The van der Waals surface area contributed by atoms with Crippen LogP contribution in [0.15, 0.2) is 4.99 Å². The molecule has 184 valence electrons. The van der Waals surface area contributed by atoms with Crippen molar-refractivity contribution in [3.05, 3.63) is 0 Å². The van der Waals surface area contributed by atoms with Crippen LogP contribution >= 0.6 is 12.6 Å². The van der Waals surface area contributed by atoms with Crippen LogP contribution < -0.4 is 33.2 Å². The normalized spacial score (nSPS) is 16.4. The third-order valence-electron chi connectivity index (χ3n) is 4.26. The molecular formula is C17H33N7O7S. The first-order chi connectivity index (χ1) is 14.8. The Morgan fingerprint density at radius 1 is 0.938 bits per heavy atom. The molecule has 6 unspecified atom stereocenters. The van der Waals surface area contributed by atoms with Crippen LogP contribution in [0.25, 0.3) is 0 Å². The lowest BCUT2D eigenvalue weighted by Crippen LogP contribution is -2.59. The van der Waals surface area contributed by atoms with Gasteiger partial charge in [-0.3, -0.25) is 19.4 Å². The molecule has 6 atom stereocenters. The van der Waals surface area contributed by atoms with Crippen LogP contribution in [0, 0.1) is 0 Å². The summed E-state index contributed by atoms with van der Waals surface area (Å²) in [6.45, 7) is 2.65. The van der Waals surface area contributed by atoms with Crippen LogP contribution in [0.3, 0.4) is 0 Å². The fourth-order valence-electron chi connectivity index (χ4n) is 2.37.